The average molecular weight is 384 g/mol. The fourth-order valence-electron chi connectivity index (χ4n) is 2.96. The van der Waals surface area contributed by atoms with Gasteiger partial charge in [0, 0.05) is 18.2 Å². The normalized spacial score (nSPS) is 20.7. The van der Waals surface area contributed by atoms with E-state index < -0.39 is 6.04 Å². The standard InChI is InChI=1S/C19H29N3O3.ClH/c1-12(2)17(19(24)21-16-11-20-10-9-13(16)3)22-18(23)14-5-7-15(25-4)8-6-14;/h5-8,12-13,16-17,20H,9-11H2,1-4H3,(H,21,24)(H,22,23);1H. The van der Waals surface area contributed by atoms with Crippen LogP contribution in [-0.2, 0) is 4.79 Å². The number of carbonyl (C=O) groups is 2. The highest BCUT2D eigenvalue weighted by Gasteiger charge is 2.29. The van der Waals surface area contributed by atoms with Gasteiger partial charge in [-0.25, -0.2) is 0 Å². The summed E-state index contributed by atoms with van der Waals surface area (Å²) >= 11 is 0. The summed E-state index contributed by atoms with van der Waals surface area (Å²) in [7, 11) is 1.58. The molecule has 1 heterocycles. The van der Waals surface area contributed by atoms with Crippen LogP contribution in [0.5, 0.6) is 5.75 Å². The second-order valence-electron chi connectivity index (χ2n) is 7.01. The lowest BCUT2D eigenvalue weighted by Gasteiger charge is -2.32. The Bertz CT molecular complexity index is 592. The van der Waals surface area contributed by atoms with E-state index in [2.05, 4.69) is 22.9 Å². The fraction of sp³-hybridized carbons (Fsp3) is 0.579. The van der Waals surface area contributed by atoms with Crippen molar-refractivity contribution in [2.24, 2.45) is 11.8 Å². The van der Waals surface area contributed by atoms with Crippen molar-refractivity contribution in [3.8, 4) is 5.75 Å². The van der Waals surface area contributed by atoms with E-state index in [9.17, 15) is 9.59 Å². The summed E-state index contributed by atoms with van der Waals surface area (Å²) in [6.07, 6.45) is 1.04. The first kappa shape index (κ1) is 22.3. The molecule has 2 rings (SSSR count). The Hall–Kier alpha value is -1.79. The molecule has 7 heteroatoms. The molecule has 1 fully saturated rings. The lowest BCUT2D eigenvalue weighted by atomic mass is 9.93. The van der Waals surface area contributed by atoms with Gasteiger partial charge in [0.1, 0.15) is 11.8 Å². The Labute approximate surface area is 161 Å². The van der Waals surface area contributed by atoms with E-state index in [-0.39, 0.29) is 36.2 Å². The SMILES string of the molecule is COc1ccc(C(=O)NC(C(=O)NC2CNCCC2C)C(C)C)cc1.Cl. The number of benzene rings is 1. The van der Waals surface area contributed by atoms with Crippen molar-refractivity contribution in [3.05, 3.63) is 29.8 Å². The van der Waals surface area contributed by atoms with Gasteiger partial charge in [0.05, 0.1) is 7.11 Å². The van der Waals surface area contributed by atoms with Gasteiger partial charge in [-0.3, -0.25) is 9.59 Å². The highest BCUT2D eigenvalue weighted by atomic mass is 35.5. The van der Waals surface area contributed by atoms with Crippen LogP contribution in [0.15, 0.2) is 24.3 Å². The van der Waals surface area contributed by atoms with E-state index in [0.29, 0.717) is 17.2 Å². The van der Waals surface area contributed by atoms with Crippen LogP contribution in [-0.4, -0.2) is 44.1 Å². The monoisotopic (exact) mass is 383 g/mol. The number of nitrogens with one attached hydrogen (secondary N) is 3. The minimum Gasteiger partial charge on any atom is -0.497 e. The third kappa shape index (κ3) is 5.88. The van der Waals surface area contributed by atoms with Gasteiger partial charge in [-0.15, -0.1) is 12.4 Å². The molecule has 3 unspecified atom stereocenters. The molecule has 0 spiro atoms. The van der Waals surface area contributed by atoms with Gasteiger partial charge in [-0.05, 0) is 49.1 Å². The largest absolute Gasteiger partial charge is 0.497 e. The topological polar surface area (TPSA) is 79.5 Å². The molecule has 26 heavy (non-hydrogen) atoms. The van der Waals surface area contributed by atoms with Crippen LogP contribution < -0.4 is 20.7 Å². The number of hydrogen-bond donors (Lipinski definition) is 3. The molecule has 1 aromatic carbocycles. The summed E-state index contributed by atoms with van der Waals surface area (Å²) < 4.78 is 5.10. The van der Waals surface area contributed by atoms with E-state index >= 15 is 0 Å². The van der Waals surface area contributed by atoms with E-state index in [1.54, 1.807) is 31.4 Å². The molecule has 0 bridgehead atoms. The van der Waals surface area contributed by atoms with Gasteiger partial charge in [-0.1, -0.05) is 20.8 Å². The zero-order valence-electron chi connectivity index (χ0n) is 15.9. The number of methoxy groups -OCH3 is 1. The number of rotatable bonds is 6. The Morgan fingerprint density at radius 2 is 1.88 bits per heavy atom. The van der Waals surface area contributed by atoms with Crippen molar-refractivity contribution in [2.75, 3.05) is 20.2 Å². The van der Waals surface area contributed by atoms with Crippen LogP contribution in [0, 0.1) is 11.8 Å². The van der Waals surface area contributed by atoms with E-state index in [0.717, 1.165) is 19.5 Å². The van der Waals surface area contributed by atoms with Crippen molar-refractivity contribution in [3.63, 3.8) is 0 Å². The second kappa shape index (κ2) is 10.4. The molecule has 3 N–H and O–H groups in total. The molecular weight excluding hydrogens is 354 g/mol. The molecule has 1 aromatic rings. The molecule has 1 saturated heterocycles. The lowest BCUT2D eigenvalue weighted by Crippen LogP contribution is -2.56. The highest BCUT2D eigenvalue weighted by molar-refractivity contribution is 5.97. The molecule has 1 aliphatic rings. The van der Waals surface area contributed by atoms with Gasteiger partial charge < -0.3 is 20.7 Å². The predicted octanol–water partition coefficient (Wildman–Crippen LogP) is 1.99. The predicted molar refractivity (Wildman–Crippen MR) is 105 cm³/mol. The summed E-state index contributed by atoms with van der Waals surface area (Å²) in [6.45, 7) is 7.76. The fourth-order valence-corrected chi connectivity index (χ4v) is 2.96. The first-order valence-electron chi connectivity index (χ1n) is 8.88. The molecule has 0 radical (unpaired) electrons. The van der Waals surface area contributed by atoms with Crippen molar-refractivity contribution in [2.45, 2.75) is 39.3 Å². The van der Waals surface area contributed by atoms with Gasteiger partial charge in [0.25, 0.3) is 5.91 Å². The van der Waals surface area contributed by atoms with Crippen LogP contribution >= 0.6 is 12.4 Å². The Morgan fingerprint density at radius 1 is 1.23 bits per heavy atom. The zero-order chi connectivity index (χ0) is 18.4. The zero-order valence-corrected chi connectivity index (χ0v) is 16.7. The first-order valence-corrected chi connectivity index (χ1v) is 8.88. The van der Waals surface area contributed by atoms with Crippen LogP contribution in [0.4, 0.5) is 0 Å². The molecule has 0 aliphatic carbocycles. The minimum absolute atomic E-state index is 0. The second-order valence-corrected chi connectivity index (χ2v) is 7.01. The number of hydrogen-bond acceptors (Lipinski definition) is 4. The first-order chi connectivity index (χ1) is 11.9. The molecule has 6 nitrogen and oxygen atoms in total. The summed E-state index contributed by atoms with van der Waals surface area (Å²) in [5.41, 5.74) is 0.506. The van der Waals surface area contributed by atoms with Crippen molar-refractivity contribution < 1.29 is 14.3 Å². The van der Waals surface area contributed by atoms with Crippen molar-refractivity contribution >= 4 is 24.2 Å². The number of ether oxygens (including phenoxy) is 1. The molecule has 0 saturated carbocycles. The van der Waals surface area contributed by atoms with Gasteiger partial charge in [0.15, 0.2) is 0 Å². The van der Waals surface area contributed by atoms with Crippen LogP contribution in [0.25, 0.3) is 0 Å². The summed E-state index contributed by atoms with van der Waals surface area (Å²) in [6, 6.07) is 6.38. The van der Waals surface area contributed by atoms with Crippen molar-refractivity contribution in [1.29, 1.82) is 0 Å². The lowest BCUT2D eigenvalue weighted by molar-refractivity contribution is -0.125. The quantitative estimate of drug-likeness (QED) is 0.701. The average Bonchev–Trinajstić information content (AvgIpc) is 2.61. The van der Waals surface area contributed by atoms with Crippen LogP contribution in [0.2, 0.25) is 0 Å². The maximum Gasteiger partial charge on any atom is 0.251 e. The van der Waals surface area contributed by atoms with E-state index in [1.165, 1.54) is 0 Å². The van der Waals surface area contributed by atoms with Gasteiger partial charge >= 0.3 is 0 Å². The summed E-state index contributed by atoms with van der Waals surface area (Å²) in [5, 5.41) is 9.25. The van der Waals surface area contributed by atoms with E-state index in [4.69, 9.17) is 4.74 Å². The third-order valence-corrected chi connectivity index (χ3v) is 4.74. The summed E-state index contributed by atoms with van der Waals surface area (Å²) in [4.78, 5) is 25.2. The smallest absolute Gasteiger partial charge is 0.251 e. The maximum atomic E-state index is 12.7. The number of amides is 2. The maximum absolute atomic E-state index is 12.7. The molecular formula is C19H30ClN3O3. The number of piperidine rings is 1. The molecule has 0 aromatic heterocycles. The number of halogens is 1. The number of carbonyl (C=O) groups excluding carboxylic acids is 2. The Kier molecular flexibility index (Phi) is 8.88. The molecule has 2 amide bonds. The third-order valence-electron chi connectivity index (χ3n) is 4.74. The van der Waals surface area contributed by atoms with E-state index in [1.807, 2.05) is 13.8 Å². The Balaban J connectivity index is 0.00000338. The minimum atomic E-state index is -0.566. The van der Waals surface area contributed by atoms with Crippen molar-refractivity contribution in [1.82, 2.24) is 16.0 Å². The van der Waals surface area contributed by atoms with Crippen LogP contribution in [0.3, 0.4) is 0 Å². The van der Waals surface area contributed by atoms with Gasteiger partial charge in [0.2, 0.25) is 5.91 Å². The molecule has 146 valence electrons. The highest BCUT2D eigenvalue weighted by Crippen LogP contribution is 2.14. The van der Waals surface area contributed by atoms with Crippen LogP contribution in [0.1, 0.15) is 37.6 Å². The summed E-state index contributed by atoms with van der Waals surface area (Å²) in [5.74, 6) is 0.724. The Morgan fingerprint density at radius 3 is 2.42 bits per heavy atom. The van der Waals surface area contributed by atoms with Gasteiger partial charge in [-0.2, -0.15) is 0 Å². The molecule has 1 aliphatic heterocycles. The molecule has 3 atom stereocenters.